The van der Waals surface area contributed by atoms with Gasteiger partial charge in [-0.2, -0.15) is 0 Å². The highest BCUT2D eigenvalue weighted by Gasteiger charge is 2.25. The van der Waals surface area contributed by atoms with Crippen molar-refractivity contribution in [1.82, 2.24) is 9.97 Å². The van der Waals surface area contributed by atoms with Crippen molar-refractivity contribution in [1.29, 1.82) is 0 Å². The van der Waals surface area contributed by atoms with Crippen LogP contribution in [0.3, 0.4) is 0 Å². The summed E-state index contributed by atoms with van der Waals surface area (Å²) in [6.45, 7) is 6.10. The lowest BCUT2D eigenvalue weighted by Gasteiger charge is -2.23. The van der Waals surface area contributed by atoms with Crippen molar-refractivity contribution in [3.8, 4) is 22.6 Å². The van der Waals surface area contributed by atoms with Gasteiger partial charge in [-0.3, -0.25) is 4.79 Å². The van der Waals surface area contributed by atoms with Crippen molar-refractivity contribution in [3.63, 3.8) is 0 Å². The third-order valence-corrected chi connectivity index (χ3v) is 5.33. The molecule has 31 heavy (non-hydrogen) atoms. The van der Waals surface area contributed by atoms with Crippen LogP contribution in [0.25, 0.3) is 28.7 Å². The molecule has 2 atom stereocenters. The number of aliphatic hydroxyl groups excluding tert-OH is 1. The molecule has 2 aromatic carbocycles. The van der Waals surface area contributed by atoms with Gasteiger partial charge in [0, 0.05) is 28.8 Å². The summed E-state index contributed by atoms with van der Waals surface area (Å²) >= 11 is 0. The number of hydrogen-bond donors (Lipinski definition) is 1. The predicted octanol–water partition coefficient (Wildman–Crippen LogP) is 4.82. The van der Waals surface area contributed by atoms with E-state index in [1.165, 1.54) is 0 Å². The largest absolute Gasteiger partial charge is 0.458 e. The number of aryl methyl sites for hydroxylation is 3. The zero-order valence-electron chi connectivity index (χ0n) is 18.0. The SMILES string of the molecule is Cc1cc(C)cc(-c2nc(-c3ccccc3)nc(C)c2C=C[C@H]2C[C@H](O)CC(=O)O2)c1. The van der Waals surface area contributed by atoms with Gasteiger partial charge in [-0.1, -0.05) is 53.6 Å². The van der Waals surface area contributed by atoms with Crippen LogP contribution in [0.1, 0.15) is 35.2 Å². The number of ether oxygens (including phenoxy) is 1. The van der Waals surface area contributed by atoms with Gasteiger partial charge in [0.05, 0.1) is 18.2 Å². The third kappa shape index (κ3) is 4.89. The second kappa shape index (κ2) is 8.82. The first-order valence-electron chi connectivity index (χ1n) is 10.5. The van der Waals surface area contributed by atoms with E-state index in [1.54, 1.807) is 0 Å². The standard InChI is InChI=1S/C26H26N2O3/c1-16-11-17(2)13-20(12-16)25-23(10-9-22-14-21(29)15-24(30)31-22)18(3)27-26(28-25)19-7-5-4-6-8-19/h4-13,21-22,29H,14-15H2,1-3H3/t21-,22-/m0/s1. The van der Waals surface area contributed by atoms with E-state index in [2.05, 4.69) is 32.0 Å². The topological polar surface area (TPSA) is 72.3 Å². The molecule has 0 bridgehead atoms. The van der Waals surface area contributed by atoms with Crippen molar-refractivity contribution >= 4 is 12.0 Å². The number of carbonyl (C=O) groups excluding carboxylic acids is 1. The van der Waals surface area contributed by atoms with Gasteiger partial charge in [0.2, 0.25) is 0 Å². The van der Waals surface area contributed by atoms with Gasteiger partial charge in [0.15, 0.2) is 5.82 Å². The number of hydrogen-bond acceptors (Lipinski definition) is 5. The Bertz CT molecular complexity index is 1120. The number of nitrogens with zero attached hydrogens (tertiary/aromatic N) is 2. The number of aliphatic hydroxyl groups is 1. The van der Waals surface area contributed by atoms with Gasteiger partial charge in [0.25, 0.3) is 0 Å². The van der Waals surface area contributed by atoms with Crippen molar-refractivity contribution in [3.05, 3.63) is 77.0 Å². The first-order valence-corrected chi connectivity index (χ1v) is 10.5. The molecule has 3 aromatic rings. The Morgan fingerprint density at radius 2 is 1.71 bits per heavy atom. The summed E-state index contributed by atoms with van der Waals surface area (Å²) in [7, 11) is 0. The number of cyclic esters (lactones) is 1. The molecule has 4 rings (SSSR count). The monoisotopic (exact) mass is 414 g/mol. The highest BCUT2D eigenvalue weighted by atomic mass is 16.5. The van der Waals surface area contributed by atoms with Crippen LogP contribution in [-0.2, 0) is 9.53 Å². The van der Waals surface area contributed by atoms with Crippen LogP contribution in [0.4, 0.5) is 0 Å². The Hall–Kier alpha value is -3.31. The molecule has 0 amide bonds. The van der Waals surface area contributed by atoms with Gasteiger partial charge < -0.3 is 9.84 Å². The molecular formula is C26H26N2O3. The second-order valence-electron chi connectivity index (χ2n) is 8.12. The number of benzene rings is 2. The Morgan fingerprint density at radius 3 is 2.39 bits per heavy atom. The average Bonchev–Trinajstić information content (AvgIpc) is 2.71. The quantitative estimate of drug-likeness (QED) is 0.620. The minimum atomic E-state index is -0.674. The molecule has 0 unspecified atom stereocenters. The molecule has 1 saturated heterocycles. The van der Waals surface area contributed by atoms with Crippen molar-refractivity contribution in [2.45, 2.75) is 45.8 Å². The molecule has 1 N–H and O–H groups in total. The fourth-order valence-electron chi connectivity index (χ4n) is 3.96. The minimum absolute atomic E-state index is 0.0477. The minimum Gasteiger partial charge on any atom is -0.458 e. The second-order valence-corrected chi connectivity index (χ2v) is 8.12. The summed E-state index contributed by atoms with van der Waals surface area (Å²) in [6, 6.07) is 16.3. The maximum atomic E-state index is 11.7. The highest BCUT2D eigenvalue weighted by Crippen LogP contribution is 2.30. The highest BCUT2D eigenvalue weighted by molar-refractivity contribution is 5.76. The van der Waals surface area contributed by atoms with Crippen LogP contribution in [0.2, 0.25) is 0 Å². The van der Waals surface area contributed by atoms with Crippen LogP contribution in [0, 0.1) is 20.8 Å². The number of esters is 1. The molecule has 1 aliphatic rings. The Labute approximate surface area is 182 Å². The first-order chi connectivity index (χ1) is 14.9. The van der Waals surface area contributed by atoms with E-state index in [0.29, 0.717) is 12.2 Å². The van der Waals surface area contributed by atoms with Crippen LogP contribution in [0.5, 0.6) is 0 Å². The predicted molar refractivity (Wildman–Crippen MR) is 121 cm³/mol. The number of rotatable bonds is 4. The third-order valence-electron chi connectivity index (χ3n) is 5.33. The normalized spacial score (nSPS) is 18.9. The van der Waals surface area contributed by atoms with Crippen molar-refractivity contribution in [2.24, 2.45) is 0 Å². The number of aromatic nitrogens is 2. The molecule has 1 aromatic heterocycles. The lowest BCUT2D eigenvalue weighted by molar-refractivity contribution is -0.156. The van der Waals surface area contributed by atoms with E-state index in [4.69, 9.17) is 14.7 Å². The summed E-state index contributed by atoms with van der Waals surface area (Å²) in [5.74, 6) is 0.291. The summed E-state index contributed by atoms with van der Waals surface area (Å²) in [5.41, 5.74) is 6.83. The summed E-state index contributed by atoms with van der Waals surface area (Å²) < 4.78 is 5.37. The maximum Gasteiger partial charge on any atom is 0.309 e. The average molecular weight is 415 g/mol. The summed E-state index contributed by atoms with van der Waals surface area (Å²) in [6.07, 6.45) is 3.03. The van der Waals surface area contributed by atoms with E-state index in [0.717, 1.165) is 39.2 Å². The molecule has 0 radical (unpaired) electrons. The van der Waals surface area contributed by atoms with Gasteiger partial charge in [0.1, 0.15) is 6.10 Å². The van der Waals surface area contributed by atoms with Crippen molar-refractivity contribution < 1.29 is 14.6 Å². The smallest absolute Gasteiger partial charge is 0.309 e. The summed E-state index contributed by atoms with van der Waals surface area (Å²) in [4.78, 5) is 21.4. The molecule has 0 spiro atoms. The van der Waals surface area contributed by atoms with E-state index in [9.17, 15) is 9.90 Å². The lowest BCUT2D eigenvalue weighted by atomic mass is 9.98. The van der Waals surface area contributed by atoms with E-state index < -0.39 is 12.2 Å². The van der Waals surface area contributed by atoms with Crippen LogP contribution < -0.4 is 0 Å². The van der Waals surface area contributed by atoms with Gasteiger partial charge >= 0.3 is 5.97 Å². The maximum absolute atomic E-state index is 11.7. The zero-order chi connectivity index (χ0) is 22.0. The molecule has 0 aliphatic carbocycles. The molecule has 1 fully saturated rings. The Balaban J connectivity index is 1.81. The molecule has 5 nitrogen and oxygen atoms in total. The van der Waals surface area contributed by atoms with Crippen LogP contribution in [-0.4, -0.2) is 33.3 Å². The van der Waals surface area contributed by atoms with E-state index in [1.807, 2.05) is 49.4 Å². The van der Waals surface area contributed by atoms with Crippen LogP contribution >= 0.6 is 0 Å². The Kier molecular flexibility index (Phi) is 5.96. The van der Waals surface area contributed by atoms with Gasteiger partial charge in [-0.25, -0.2) is 9.97 Å². The molecule has 158 valence electrons. The molecular weight excluding hydrogens is 388 g/mol. The Morgan fingerprint density at radius 1 is 1.00 bits per heavy atom. The van der Waals surface area contributed by atoms with E-state index in [-0.39, 0.29) is 12.4 Å². The van der Waals surface area contributed by atoms with E-state index >= 15 is 0 Å². The fourth-order valence-corrected chi connectivity index (χ4v) is 3.96. The molecule has 2 heterocycles. The van der Waals surface area contributed by atoms with Gasteiger partial charge in [-0.15, -0.1) is 0 Å². The van der Waals surface area contributed by atoms with Crippen LogP contribution in [0.15, 0.2) is 54.6 Å². The number of carbonyl (C=O) groups is 1. The van der Waals surface area contributed by atoms with Crippen molar-refractivity contribution in [2.75, 3.05) is 0 Å². The lowest BCUT2D eigenvalue weighted by Crippen LogP contribution is -2.31. The van der Waals surface area contributed by atoms with Gasteiger partial charge in [-0.05, 0) is 39.0 Å². The molecule has 1 aliphatic heterocycles. The molecule has 0 saturated carbocycles. The fraction of sp³-hybridized carbons (Fsp3) is 0.269. The zero-order valence-corrected chi connectivity index (χ0v) is 18.0. The summed E-state index contributed by atoms with van der Waals surface area (Å²) in [5, 5.41) is 9.90. The molecule has 5 heteroatoms. The first kappa shape index (κ1) is 20.9.